The van der Waals surface area contributed by atoms with E-state index in [1.807, 2.05) is 95.4 Å². The number of hydrogen-bond donors (Lipinski definition) is 1. The fraction of sp³-hybridized carbons (Fsp3) is 0.0952. The van der Waals surface area contributed by atoms with Crippen molar-refractivity contribution in [3.63, 3.8) is 0 Å². The average molecular weight is 389 g/mol. The highest BCUT2D eigenvalue weighted by atomic mass is 32.1. The van der Waals surface area contributed by atoms with Crippen LogP contribution in [0.25, 0.3) is 11.4 Å². The Morgan fingerprint density at radius 2 is 1.68 bits per heavy atom. The van der Waals surface area contributed by atoms with E-state index in [1.54, 1.807) is 4.68 Å². The molecule has 0 bridgehead atoms. The number of carbonyl (C=O) groups excluding carboxylic acids is 1. The van der Waals surface area contributed by atoms with E-state index in [-0.39, 0.29) is 12.5 Å². The van der Waals surface area contributed by atoms with Crippen LogP contribution in [0.4, 0.5) is 5.69 Å². The van der Waals surface area contributed by atoms with Gasteiger partial charge in [0.05, 0.1) is 0 Å². The van der Waals surface area contributed by atoms with Gasteiger partial charge < -0.3 is 5.32 Å². The zero-order chi connectivity index (χ0) is 19.5. The molecule has 2 heterocycles. The highest BCUT2D eigenvalue weighted by Gasteiger charge is 2.16. The van der Waals surface area contributed by atoms with Gasteiger partial charge in [-0.3, -0.25) is 9.47 Å². The third kappa shape index (κ3) is 3.65. The molecule has 2 aromatic carbocycles. The van der Waals surface area contributed by atoms with E-state index in [1.165, 1.54) is 0 Å². The van der Waals surface area contributed by atoms with Crippen LogP contribution in [-0.4, -0.2) is 25.0 Å². The number of benzene rings is 2. The van der Waals surface area contributed by atoms with Crippen molar-refractivity contribution in [3.05, 3.63) is 89.5 Å². The molecular formula is C21H19N5OS. The van der Waals surface area contributed by atoms with E-state index < -0.39 is 0 Å². The highest BCUT2D eigenvalue weighted by molar-refractivity contribution is 7.71. The van der Waals surface area contributed by atoms with E-state index in [0.717, 1.165) is 16.8 Å². The normalized spacial score (nSPS) is 10.8. The van der Waals surface area contributed by atoms with Gasteiger partial charge in [-0.2, -0.15) is 0 Å². The maximum atomic E-state index is 12.5. The van der Waals surface area contributed by atoms with Crippen molar-refractivity contribution >= 4 is 23.8 Å². The van der Waals surface area contributed by atoms with Gasteiger partial charge in [-0.15, -0.1) is 5.10 Å². The van der Waals surface area contributed by atoms with Crippen molar-refractivity contribution in [3.8, 4) is 11.4 Å². The van der Waals surface area contributed by atoms with Crippen LogP contribution >= 0.6 is 12.2 Å². The van der Waals surface area contributed by atoms with Gasteiger partial charge in [0.2, 0.25) is 10.7 Å². The minimum Gasteiger partial charge on any atom is -0.324 e. The second kappa shape index (κ2) is 7.66. The monoisotopic (exact) mass is 389 g/mol. The third-order valence-corrected chi connectivity index (χ3v) is 4.68. The molecule has 140 valence electrons. The lowest BCUT2D eigenvalue weighted by Crippen LogP contribution is -2.20. The summed E-state index contributed by atoms with van der Waals surface area (Å²) in [6.45, 7) is 2.03. The molecular weight excluding hydrogens is 370 g/mol. The van der Waals surface area contributed by atoms with Gasteiger partial charge >= 0.3 is 0 Å². The predicted molar refractivity (Wildman–Crippen MR) is 112 cm³/mol. The van der Waals surface area contributed by atoms with Crippen LogP contribution in [0.2, 0.25) is 0 Å². The summed E-state index contributed by atoms with van der Waals surface area (Å²) in [4.78, 5) is 12.5. The fourth-order valence-corrected chi connectivity index (χ4v) is 3.20. The van der Waals surface area contributed by atoms with Gasteiger partial charge in [0.15, 0.2) is 5.82 Å². The Labute approximate surface area is 167 Å². The molecule has 0 atom stereocenters. The Morgan fingerprint density at radius 1 is 1.00 bits per heavy atom. The zero-order valence-corrected chi connectivity index (χ0v) is 16.1. The predicted octanol–water partition coefficient (Wildman–Crippen LogP) is 4.14. The van der Waals surface area contributed by atoms with Gasteiger partial charge in [0.25, 0.3) is 0 Å². The molecule has 1 amide bonds. The maximum Gasteiger partial charge on any atom is 0.246 e. The van der Waals surface area contributed by atoms with Gasteiger partial charge in [-0.1, -0.05) is 48.0 Å². The van der Waals surface area contributed by atoms with Gasteiger partial charge in [0.1, 0.15) is 6.54 Å². The molecule has 0 aliphatic rings. The average Bonchev–Trinajstić information content (AvgIpc) is 3.33. The van der Waals surface area contributed by atoms with Crippen LogP contribution in [-0.2, 0) is 11.3 Å². The zero-order valence-electron chi connectivity index (χ0n) is 15.3. The molecule has 0 fully saturated rings. The summed E-state index contributed by atoms with van der Waals surface area (Å²) in [6.07, 6.45) is 3.78. The minimum absolute atomic E-state index is 0.0286. The fourth-order valence-electron chi connectivity index (χ4n) is 2.91. The molecule has 4 rings (SSSR count). The lowest BCUT2D eigenvalue weighted by molar-refractivity contribution is -0.116. The quantitative estimate of drug-likeness (QED) is 0.522. The third-order valence-electron chi connectivity index (χ3n) is 4.30. The van der Waals surface area contributed by atoms with Crippen molar-refractivity contribution in [2.45, 2.75) is 13.5 Å². The lowest BCUT2D eigenvalue weighted by atomic mass is 10.2. The SMILES string of the molecule is Cc1ccc(NC(=O)Cn2nc(-c3ccccc3)n(-n3cccc3)c2=S)cc1. The number of aryl methyl sites for hydroxylation is 1. The molecule has 4 aromatic rings. The van der Waals surface area contributed by atoms with Crippen LogP contribution in [0.1, 0.15) is 5.56 Å². The Morgan fingerprint density at radius 3 is 2.36 bits per heavy atom. The summed E-state index contributed by atoms with van der Waals surface area (Å²) in [7, 11) is 0. The van der Waals surface area contributed by atoms with E-state index in [0.29, 0.717) is 10.6 Å². The molecule has 2 aromatic heterocycles. The number of carbonyl (C=O) groups is 1. The Balaban J connectivity index is 1.67. The molecule has 6 nitrogen and oxygen atoms in total. The summed E-state index contributed by atoms with van der Waals surface area (Å²) >= 11 is 5.62. The molecule has 0 radical (unpaired) electrons. The Bertz CT molecular complexity index is 1140. The van der Waals surface area contributed by atoms with Crippen molar-refractivity contribution in [1.82, 2.24) is 19.1 Å². The van der Waals surface area contributed by atoms with Crippen molar-refractivity contribution in [2.24, 2.45) is 0 Å². The Hall–Kier alpha value is -3.45. The van der Waals surface area contributed by atoms with Crippen LogP contribution in [0.15, 0.2) is 79.1 Å². The first-order valence-electron chi connectivity index (χ1n) is 8.87. The summed E-state index contributed by atoms with van der Waals surface area (Å²) in [6, 6.07) is 21.3. The van der Waals surface area contributed by atoms with E-state index in [2.05, 4.69) is 10.4 Å². The Kier molecular flexibility index (Phi) is 4.90. The molecule has 28 heavy (non-hydrogen) atoms. The number of rotatable bonds is 5. The molecule has 0 aliphatic heterocycles. The molecule has 0 spiro atoms. The smallest absolute Gasteiger partial charge is 0.246 e. The second-order valence-corrected chi connectivity index (χ2v) is 6.78. The summed E-state index contributed by atoms with van der Waals surface area (Å²) < 4.78 is 5.64. The summed E-state index contributed by atoms with van der Waals surface area (Å²) in [5, 5.41) is 7.51. The van der Waals surface area contributed by atoms with E-state index in [9.17, 15) is 4.79 Å². The second-order valence-electron chi connectivity index (χ2n) is 6.42. The highest BCUT2D eigenvalue weighted by Crippen LogP contribution is 2.19. The van der Waals surface area contributed by atoms with Crippen LogP contribution in [0.5, 0.6) is 0 Å². The van der Waals surface area contributed by atoms with Crippen LogP contribution < -0.4 is 5.32 Å². The van der Waals surface area contributed by atoms with Gasteiger partial charge in [-0.25, -0.2) is 9.36 Å². The van der Waals surface area contributed by atoms with E-state index in [4.69, 9.17) is 12.2 Å². The lowest BCUT2D eigenvalue weighted by Gasteiger charge is -2.07. The maximum absolute atomic E-state index is 12.5. The van der Waals surface area contributed by atoms with Crippen LogP contribution in [0, 0.1) is 11.7 Å². The summed E-state index contributed by atoms with van der Waals surface area (Å²) in [5.74, 6) is 0.488. The molecule has 0 aliphatic carbocycles. The number of nitrogens with one attached hydrogen (secondary N) is 1. The van der Waals surface area contributed by atoms with E-state index >= 15 is 0 Å². The van der Waals surface area contributed by atoms with Crippen LogP contribution in [0.3, 0.4) is 0 Å². The number of hydrogen-bond acceptors (Lipinski definition) is 3. The minimum atomic E-state index is -0.184. The first-order chi connectivity index (χ1) is 13.6. The molecule has 0 saturated heterocycles. The number of nitrogens with zero attached hydrogens (tertiary/aromatic N) is 4. The number of anilines is 1. The number of amides is 1. The van der Waals surface area contributed by atoms with Crippen molar-refractivity contribution in [2.75, 3.05) is 5.32 Å². The van der Waals surface area contributed by atoms with Gasteiger partial charge in [-0.05, 0) is 43.4 Å². The largest absolute Gasteiger partial charge is 0.324 e. The molecule has 1 N–H and O–H groups in total. The molecule has 0 unspecified atom stereocenters. The first-order valence-corrected chi connectivity index (χ1v) is 9.28. The first kappa shape index (κ1) is 17.9. The standard InChI is InChI=1S/C21H19N5OS/c1-16-9-11-18(12-10-16)22-19(27)15-25-21(28)26(24-13-5-6-14-24)20(23-25)17-7-3-2-4-8-17/h2-14H,15H2,1H3,(H,22,27). The van der Waals surface area contributed by atoms with Crippen molar-refractivity contribution < 1.29 is 4.79 Å². The van der Waals surface area contributed by atoms with Crippen molar-refractivity contribution in [1.29, 1.82) is 0 Å². The summed E-state index contributed by atoms with van der Waals surface area (Å²) in [5.41, 5.74) is 2.80. The topological polar surface area (TPSA) is 56.8 Å². The molecule has 0 saturated carbocycles. The number of aromatic nitrogens is 4. The van der Waals surface area contributed by atoms with Gasteiger partial charge in [0, 0.05) is 23.6 Å². The molecule has 7 heteroatoms.